The fourth-order valence-corrected chi connectivity index (χ4v) is 2.10. The molecule has 0 spiro atoms. The molecule has 0 saturated heterocycles. The number of likely N-dealkylation sites (N-methyl/N-ethyl adjacent to an activating group) is 1. The van der Waals surface area contributed by atoms with E-state index in [-0.39, 0.29) is 0 Å². The highest BCUT2D eigenvalue weighted by atomic mass is 16.4. The average molecular weight is 262 g/mol. The Labute approximate surface area is 114 Å². The number of rotatable bonds is 8. The molecule has 1 atom stereocenters. The normalized spacial score (nSPS) is 16.5. The van der Waals surface area contributed by atoms with E-state index in [1.165, 1.54) is 5.56 Å². The molecular weight excluding hydrogens is 240 g/mol. The van der Waals surface area contributed by atoms with E-state index in [0.717, 1.165) is 25.8 Å². The predicted octanol–water partition coefficient (Wildman–Crippen LogP) is 1.37. The maximum absolute atomic E-state index is 11.2. The molecular formula is C15H22N2O2. The van der Waals surface area contributed by atoms with Gasteiger partial charge in [-0.1, -0.05) is 30.3 Å². The molecule has 0 amide bonds. The van der Waals surface area contributed by atoms with Crippen molar-refractivity contribution in [2.75, 3.05) is 20.1 Å². The van der Waals surface area contributed by atoms with E-state index in [4.69, 9.17) is 0 Å². The van der Waals surface area contributed by atoms with E-state index in [1.807, 2.05) is 25.2 Å². The van der Waals surface area contributed by atoms with Crippen LogP contribution in [0.2, 0.25) is 0 Å². The number of carboxylic acids is 1. The van der Waals surface area contributed by atoms with Gasteiger partial charge in [-0.15, -0.1) is 0 Å². The fraction of sp³-hybridized carbons (Fsp3) is 0.533. The first-order valence-electron chi connectivity index (χ1n) is 6.86. The van der Waals surface area contributed by atoms with Crippen LogP contribution < -0.4 is 5.32 Å². The quantitative estimate of drug-likeness (QED) is 0.743. The Morgan fingerprint density at radius 1 is 1.42 bits per heavy atom. The zero-order valence-electron chi connectivity index (χ0n) is 11.4. The molecule has 0 aromatic heterocycles. The Balaban J connectivity index is 1.75. The van der Waals surface area contributed by atoms with Crippen LogP contribution in [0.4, 0.5) is 0 Å². The minimum Gasteiger partial charge on any atom is -0.480 e. The van der Waals surface area contributed by atoms with Gasteiger partial charge in [0.2, 0.25) is 0 Å². The van der Waals surface area contributed by atoms with Gasteiger partial charge in [-0.3, -0.25) is 4.79 Å². The fourth-order valence-electron chi connectivity index (χ4n) is 2.10. The highest BCUT2D eigenvalue weighted by molar-refractivity contribution is 5.73. The smallest absolute Gasteiger partial charge is 0.322 e. The number of carboxylic acid groups (broad SMARTS) is 1. The topological polar surface area (TPSA) is 52.6 Å². The monoisotopic (exact) mass is 262 g/mol. The van der Waals surface area contributed by atoms with Crippen molar-refractivity contribution >= 4 is 5.97 Å². The summed E-state index contributed by atoms with van der Waals surface area (Å²) in [6.45, 7) is 1.43. The van der Waals surface area contributed by atoms with Crippen LogP contribution in [-0.2, 0) is 11.2 Å². The molecule has 1 aliphatic carbocycles. The van der Waals surface area contributed by atoms with Gasteiger partial charge in [-0.25, -0.2) is 0 Å². The number of hydrogen-bond donors (Lipinski definition) is 2. The maximum atomic E-state index is 11.2. The first kappa shape index (κ1) is 14.0. The average Bonchev–Trinajstić information content (AvgIpc) is 3.21. The molecule has 4 nitrogen and oxygen atoms in total. The van der Waals surface area contributed by atoms with Gasteiger partial charge in [0, 0.05) is 19.1 Å². The molecule has 1 aliphatic rings. The van der Waals surface area contributed by atoms with Crippen LogP contribution in [0.1, 0.15) is 18.4 Å². The predicted molar refractivity (Wildman–Crippen MR) is 75.2 cm³/mol. The maximum Gasteiger partial charge on any atom is 0.322 e. The van der Waals surface area contributed by atoms with E-state index >= 15 is 0 Å². The van der Waals surface area contributed by atoms with Gasteiger partial charge in [0.25, 0.3) is 0 Å². The van der Waals surface area contributed by atoms with Crippen molar-refractivity contribution in [1.29, 1.82) is 0 Å². The van der Waals surface area contributed by atoms with E-state index in [9.17, 15) is 9.90 Å². The largest absolute Gasteiger partial charge is 0.480 e. The second-order valence-corrected chi connectivity index (χ2v) is 5.33. The van der Waals surface area contributed by atoms with Crippen LogP contribution >= 0.6 is 0 Å². The van der Waals surface area contributed by atoms with E-state index < -0.39 is 12.0 Å². The molecule has 0 aliphatic heterocycles. The Kier molecular flexibility index (Phi) is 4.93. The van der Waals surface area contributed by atoms with Crippen LogP contribution in [0.15, 0.2) is 30.3 Å². The standard InChI is InChI=1S/C15H22N2O2/c1-17(10-9-12-5-3-2-4-6-12)11-14(15(18)19)16-13-7-8-13/h2-6,13-14,16H,7-11H2,1H3,(H,18,19). The summed E-state index contributed by atoms with van der Waals surface area (Å²) in [6, 6.07) is 10.2. The van der Waals surface area contributed by atoms with Crippen molar-refractivity contribution in [3.05, 3.63) is 35.9 Å². The number of nitrogens with one attached hydrogen (secondary N) is 1. The van der Waals surface area contributed by atoms with Gasteiger partial charge >= 0.3 is 5.97 Å². The lowest BCUT2D eigenvalue weighted by atomic mass is 10.1. The van der Waals surface area contributed by atoms with Crippen molar-refractivity contribution in [2.45, 2.75) is 31.3 Å². The van der Waals surface area contributed by atoms with Crippen molar-refractivity contribution in [1.82, 2.24) is 10.2 Å². The van der Waals surface area contributed by atoms with Gasteiger partial charge in [0.1, 0.15) is 6.04 Å². The van der Waals surface area contributed by atoms with Crippen molar-refractivity contribution in [2.24, 2.45) is 0 Å². The molecule has 1 fully saturated rings. The molecule has 2 N–H and O–H groups in total. The highest BCUT2D eigenvalue weighted by Gasteiger charge is 2.28. The van der Waals surface area contributed by atoms with Crippen LogP contribution in [0.25, 0.3) is 0 Å². The Morgan fingerprint density at radius 3 is 2.68 bits per heavy atom. The lowest BCUT2D eigenvalue weighted by Crippen LogP contribution is -2.46. The Hall–Kier alpha value is -1.39. The number of hydrogen-bond acceptors (Lipinski definition) is 3. The minimum absolute atomic E-state index is 0.420. The molecule has 1 aromatic carbocycles. The number of carbonyl (C=O) groups is 1. The number of nitrogens with zero attached hydrogens (tertiary/aromatic N) is 1. The molecule has 1 unspecified atom stereocenters. The van der Waals surface area contributed by atoms with Gasteiger partial charge in [0.05, 0.1) is 0 Å². The Morgan fingerprint density at radius 2 is 2.11 bits per heavy atom. The van der Waals surface area contributed by atoms with Gasteiger partial charge in [-0.05, 0) is 31.9 Å². The summed E-state index contributed by atoms with van der Waals surface area (Å²) in [5.74, 6) is -0.751. The molecule has 0 bridgehead atoms. The highest BCUT2D eigenvalue weighted by Crippen LogP contribution is 2.19. The summed E-state index contributed by atoms with van der Waals surface area (Å²) in [5.41, 5.74) is 1.29. The molecule has 19 heavy (non-hydrogen) atoms. The zero-order valence-corrected chi connectivity index (χ0v) is 11.4. The minimum atomic E-state index is -0.751. The van der Waals surface area contributed by atoms with E-state index in [0.29, 0.717) is 12.6 Å². The third-order valence-corrected chi connectivity index (χ3v) is 3.43. The third kappa shape index (κ3) is 5.01. The summed E-state index contributed by atoms with van der Waals surface area (Å²) in [4.78, 5) is 13.3. The molecule has 0 radical (unpaired) electrons. The third-order valence-electron chi connectivity index (χ3n) is 3.43. The molecule has 1 aromatic rings. The molecule has 2 rings (SSSR count). The summed E-state index contributed by atoms with van der Waals surface area (Å²) in [7, 11) is 1.98. The van der Waals surface area contributed by atoms with Crippen molar-refractivity contribution in [3.63, 3.8) is 0 Å². The first-order valence-corrected chi connectivity index (χ1v) is 6.86. The van der Waals surface area contributed by atoms with E-state index in [1.54, 1.807) is 0 Å². The molecule has 4 heteroatoms. The molecule has 104 valence electrons. The molecule has 0 heterocycles. The summed E-state index contributed by atoms with van der Waals surface area (Å²) in [6.07, 6.45) is 3.17. The Bertz CT molecular complexity index is 404. The lowest BCUT2D eigenvalue weighted by Gasteiger charge is -2.22. The van der Waals surface area contributed by atoms with Gasteiger partial charge in [-0.2, -0.15) is 0 Å². The van der Waals surface area contributed by atoms with Crippen molar-refractivity contribution in [3.8, 4) is 0 Å². The van der Waals surface area contributed by atoms with Crippen LogP contribution in [0, 0.1) is 0 Å². The van der Waals surface area contributed by atoms with Crippen LogP contribution in [0.3, 0.4) is 0 Å². The van der Waals surface area contributed by atoms with Crippen molar-refractivity contribution < 1.29 is 9.90 Å². The van der Waals surface area contributed by atoms with E-state index in [2.05, 4.69) is 22.3 Å². The van der Waals surface area contributed by atoms with Crippen LogP contribution in [-0.4, -0.2) is 48.2 Å². The van der Waals surface area contributed by atoms with Gasteiger partial charge < -0.3 is 15.3 Å². The second-order valence-electron chi connectivity index (χ2n) is 5.33. The second kappa shape index (κ2) is 6.68. The summed E-state index contributed by atoms with van der Waals surface area (Å²) < 4.78 is 0. The zero-order chi connectivity index (χ0) is 13.7. The first-order chi connectivity index (χ1) is 9.15. The number of aliphatic carboxylic acids is 1. The number of benzene rings is 1. The lowest BCUT2D eigenvalue weighted by molar-refractivity contribution is -0.140. The molecule has 1 saturated carbocycles. The van der Waals surface area contributed by atoms with Crippen LogP contribution in [0.5, 0.6) is 0 Å². The SMILES string of the molecule is CN(CCc1ccccc1)CC(NC1CC1)C(=O)O. The van der Waals surface area contributed by atoms with Gasteiger partial charge in [0.15, 0.2) is 0 Å². The summed E-state index contributed by atoms with van der Waals surface area (Å²) in [5, 5.41) is 12.4. The summed E-state index contributed by atoms with van der Waals surface area (Å²) >= 11 is 0.